The monoisotopic (exact) mass is 336 g/mol. The molecule has 5 rings (SSSR count). The Morgan fingerprint density at radius 1 is 1.00 bits per heavy atom. The highest BCUT2D eigenvalue weighted by molar-refractivity contribution is 5.91. The number of aromatic nitrogens is 3. The molecule has 0 spiro atoms. The Labute approximate surface area is 145 Å². The highest BCUT2D eigenvalue weighted by Crippen LogP contribution is 2.37. The van der Waals surface area contributed by atoms with Crippen LogP contribution in [0.25, 0.3) is 22.3 Å². The van der Waals surface area contributed by atoms with E-state index in [0.717, 1.165) is 58.5 Å². The number of piperidine rings is 1. The van der Waals surface area contributed by atoms with E-state index in [1.165, 1.54) is 19.3 Å². The standard InChI is InChI=1S/C19H20N4O2/c1-12-20-15-10-14(13-5-6-16-17(9-13)25-11-24-16)22-18(15)19(21-12)23-7-3-2-4-8-23/h5-6,9-10,22H,2-4,7-8,11H2,1H3. The van der Waals surface area contributed by atoms with Crippen LogP contribution in [-0.4, -0.2) is 34.8 Å². The van der Waals surface area contributed by atoms with Gasteiger partial charge >= 0.3 is 0 Å². The molecule has 1 fully saturated rings. The summed E-state index contributed by atoms with van der Waals surface area (Å²) in [6, 6.07) is 8.09. The highest BCUT2D eigenvalue weighted by Gasteiger charge is 2.19. The van der Waals surface area contributed by atoms with Crippen LogP contribution in [0.2, 0.25) is 0 Å². The first-order valence-corrected chi connectivity index (χ1v) is 8.80. The predicted molar refractivity (Wildman–Crippen MR) is 96.2 cm³/mol. The second-order valence-electron chi connectivity index (χ2n) is 6.65. The third-order valence-electron chi connectivity index (χ3n) is 4.91. The van der Waals surface area contributed by atoms with Crippen molar-refractivity contribution in [3.05, 3.63) is 30.1 Å². The summed E-state index contributed by atoms with van der Waals surface area (Å²) in [7, 11) is 0. The molecule has 0 radical (unpaired) electrons. The molecule has 2 aliphatic heterocycles. The molecule has 3 aromatic rings. The van der Waals surface area contributed by atoms with Crippen molar-refractivity contribution in [2.75, 3.05) is 24.8 Å². The first kappa shape index (κ1) is 14.6. The lowest BCUT2D eigenvalue weighted by molar-refractivity contribution is 0.174. The van der Waals surface area contributed by atoms with Crippen molar-refractivity contribution in [3.63, 3.8) is 0 Å². The van der Waals surface area contributed by atoms with Gasteiger partial charge in [-0.2, -0.15) is 0 Å². The van der Waals surface area contributed by atoms with Crippen LogP contribution in [0.4, 0.5) is 5.82 Å². The lowest BCUT2D eigenvalue weighted by atomic mass is 10.1. The largest absolute Gasteiger partial charge is 0.454 e. The summed E-state index contributed by atoms with van der Waals surface area (Å²) in [5.74, 6) is 3.41. The Morgan fingerprint density at radius 3 is 2.72 bits per heavy atom. The number of benzene rings is 1. The van der Waals surface area contributed by atoms with Gasteiger partial charge < -0.3 is 19.4 Å². The van der Waals surface area contributed by atoms with Gasteiger partial charge in [-0.25, -0.2) is 9.97 Å². The zero-order valence-corrected chi connectivity index (χ0v) is 14.2. The quantitative estimate of drug-likeness (QED) is 0.774. The maximum absolute atomic E-state index is 5.50. The average Bonchev–Trinajstić information content (AvgIpc) is 3.27. The molecule has 4 heterocycles. The Balaban J connectivity index is 1.61. The van der Waals surface area contributed by atoms with Crippen LogP contribution in [0.3, 0.4) is 0 Å². The van der Waals surface area contributed by atoms with Gasteiger partial charge in [-0.3, -0.25) is 0 Å². The van der Waals surface area contributed by atoms with E-state index in [-0.39, 0.29) is 6.79 Å². The fourth-order valence-electron chi connectivity index (χ4n) is 3.66. The number of anilines is 1. The van der Waals surface area contributed by atoms with Gasteiger partial charge in [0, 0.05) is 24.3 Å². The topological polar surface area (TPSA) is 63.3 Å². The van der Waals surface area contributed by atoms with Gasteiger partial charge in [-0.15, -0.1) is 0 Å². The van der Waals surface area contributed by atoms with Gasteiger partial charge in [0.05, 0.1) is 5.52 Å². The normalized spacial score (nSPS) is 16.6. The maximum Gasteiger partial charge on any atom is 0.231 e. The van der Waals surface area contributed by atoms with Crippen LogP contribution >= 0.6 is 0 Å². The third-order valence-corrected chi connectivity index (χ3v) is 4.91. The molecule has 0 aliphatic carbocycles. The first-order chi connectivity index (χ1) is 12.3. The Kier molecular flexibility index (Phi) is 3.29. The molecule has 1 aromatic carbocycles. The van der Waals surface area contributed by atoms with Gasteiger partial charge in [0.15, 0.2) is 17.3 Å². The molecule has 6 heteroatoms. The molecule has 0 saturated carbocycles. The number of fused-ring (bicyclic) bond motifs is 2. The summed E-state index contributed by atoms with van der Waals surface area (Å²) >= 11 is 0. The Hall–Kier alpha value is -2.76. The molecule has 0 bridgehead atoms. The van der Waals surface area contributed by atoms with Gasteiger partial charge in [0.2, 0.25) is 6.79 Å². The summed E-state index contributed by atoms with van der Waals surface area (Å²) in [6.45, 7) is 4.36. The van der Waals surface area contributed by atoms with E-state index in [4.69, 9.17) is 14.5 Å². The number of rotatable bonds is 2. The number of ether oxygens (including phenoxy) is 2. The average molecular weight is 336 g/mol. The van der Waals surface area contributed by atoms with Crippen LogP contribution < -0.4 is 14.4 Å². The van der Waals surface area contributed by atoms with E-state index in [0.29, 0.717) is 0 Å². The van der Waals surface area contributed by atoms with Gasteiger partial charge in [-0.1, -0.05) is 0 Å². The van der Waals surface area contributed by atoms with Gasteiger partial charge in [0.1, 0.15) is 11.3 Å². The molecule has 0 unspecified atom stereocenters. The number of hydrogen-bond acceptors (Lipinski definition) is 5. The van der Waals surface area contributed by atoms with Crippen molar-refractivity contribution in [2.24, 2.45) is 0 Å². The van der Waals surface area contributed by atoms with Crippen molar-refractivity contribution in [1.29, 1.82) is 0 Å². The molecular weight excluding hydrogens is 316 g/mol. The van der Waals surface area contributed by atoms with E-state index >= 15 is 0 Å². The number of nitrogens with zero attached hydrogens (tertiary/aromatic N) is 3. The first-order valence-electron chi connectivity index (χ1n) is 8.80. The van der Waals surface area contributed by atoms with Crippen LogP contribution in [0, 0.1) is 6.92 Å². The molecule has 6 nitrogen and oxygen atoms in total. The van der Waals surface area contributed by atoms with Crippen LogP contribution in [-0.2, 0) is 0 Å². The van der Waals surface area contributed by atoms with E-state index in [1.54, 1.807) is 0 Å². The van der Waals surface area contributed by atoms with Crippen LogP contribution in [0.15, 0.2) is 24.3 Å². The van der Waals surface area contributed by atoms with Crippen LogP contribution in [0.5, 0.6) is 11.5 Å². The highest BCUT2D eigenvalue weighted by atomic mass is 16.7. The minimum atomic E-state index is 0.287. The van der Waals surface area contributed by atoms with Crippen molar-refractivity contribution in [3.8, 4) is 22.8 Å². The summed E-state index contributed by atoms with van der Waals surface area (Å²) in [4.78, 5) is 15.3. The van der Waals surface area contributed by atoms with E-state index in [1.807, 2.05) is 25.1 Å². The maximum atomic E-state index is 5.50. The fraction of sp³-hybridized carbons (Fsp3) is 0.368. The Bertz CT molecular complexity index is 944. The zero-order chi connectivity index (χ0) is 16.8. The smallest absolute Gasteiger partial charge is 0.231 e. The van der Waals surface area contributed by atoms with E-state index in [9.17, 15) is 0 Å². The number of nitrogens with one attached hydrogen (secondary N) is 1. The number of hydrogen-bond donors (Lipinski definition) is 1. The molecule has 0 atom stereocenters. The molecule has 0 amide bonds. The number of aryl methyl sites for hydroxylation is 1. The second-order valence-corrected chi connectivity index (χ2v) is 6.65. The zero-order valence-electron chi connectivity index (χ0n) is 14.2. The molecule has 25 heavy (non-hydrogen) atoms. The third kappa shape index (κ3) is 2.49. The van der Waals surface area contributed by atoms with Crippen LogP contribution in [0.1, 0.15) is 25.1 Å². The molecular formula is C19H20N4O2. The minimum absolute atomic E-state index is 0.287. The summed E-state index contributed by atoms with van der Waals surface area (Å²) < 4.78 is 10.9. The number of aromatic amines is 1. The summed E-state index contributed by atoms with van der Waals surface area (Å²) in [5.41, 5.74) is 4.05. The van der Waals surface area contributed by atoms with Crippen molar-refractivity contribution in [2.45, 2.75) is 26.2 Å². The molecule has 1 saturated heterocycles. The molecule has 2 aliphatic rings. The fourth-order valence-corrected chi connectivity index (χ4v) is 3.66. The molecule has 1 N–H and O–H groups in total. The minimum Gasteiger partial charge on any atom is -0.454 e. The van der Waals surface area contributed by atoms with Crippen molar-refractivity contribution in [1.82, 2.24) is 15.0 Å². The second kappa shape index (κ2) is 5.65. The van der Waals surface area contributed by atoms with Crippen molar-refractivity contribution >= 4 is 16.9 Å². The van der Waals surface area contributed by atoms with Gasteiger partial charge in [0.25, 0.3) is 0 Å². The molecule has 2 aromatic heterocycles. The number of H-pyrrole nitrogens is 1. The van der Waals surface area contributed by atoms with Crippen molar-refractivity contribution < 1.29 is 9.47 Å². The molecule has 128 valence electrons. The Morgan fingerprint density at radius 2 is 1.84 bits per heavy atom. The predicted octanol–water partition coefficient (Wildman–Crippen LogP) is 3.65. The summed E-state index contributed by atoms with van der Waals surface area (Å²) in [5, 5.41) is 0. The summed E-state index contributed by atoms with van der Waals surface area (Å²) in [6.07, 6.45) is 3.75. The van der Waals surface area contributed by atoms with E-state index < -0.39 is 0 Å². The lowest BCUT2D eigenvalue weighted by Crippen LogP contribution is -2.30. The van der Waals surface area contributed by atoms with Gasteiger partial charge in [-0.05, 0) is 50.5 Å². The lowest BCUT2D eigenvalue weighted by Gasteiger charge is -2.28. The SMILES string of the molecule is Cc1nc(N2CCCCC2)c2[nH]c(-c3ccc4c(c3)OCO4)cc2n1. The van der Waals surface area contributed by atoms with E-state index in [2.05, 4.69) is 20.9 Å².